The SMILES string of the molecule is CCN(C(=O)[C@H](C)OC(=O)COc1cccc2c1OC(C)(C)C2)[C@H]1CCS(=O)(=O)C1. The lowest BCUT2D eigenvalue weighted by atomic mass is 10.0. The van der Waals surface area contributed by atoms with Gasteiger partial charge in [-0.1, -0.05) is 12.1 Å². The van der Waals surface area contributed by atoms with E-state index >= 15 is 0 Å². The van der Waals surface area contributed by atoms with Gasteiger partial charge in [0.05, 0.1) is 11.5 Å². The first kappa shape index (κ1) is 22.4. The first-order valence-corrected chi connectivity index (χ1v) is 12.0. The average molecular weight is 440 g/mol. The first-order chi connectivity index (χ1) is 14.0. The topological polar surface area (TPSA) is 99.2 Å². The van der Waals surface area contributed by atoms with E-state index in [9.17, 15) is 18.0 Å². The van der Waals surface area contributed by atoms with E-state index in [0.717, 1.165) is 12.0 Å². The molecule has 2 aliphatic rings. The van der Waals surface area contributed by atoms with Crippen LogP contribution in [-0.2, 0) is 30.6 Å². The second kappa shape index (κ2) is 8.45. The van der Waals surface area contributed by atoms with Crippen molar-refractivity contribution in [2.24, 2.45) is 0 Å². The van der Waals surface area contributed by atoms with Crippen LogP contribution in [0.5, 0.6) is 11.5 Å². The molecule has 0 bridgehead atoms. The van der Waals surface area contributed by atoms with Crippen molar-refractivity contribution in [1.29, 1.82) is 0 Å². The molecule has 1 aromatic carbocycles. The normalized spacial score (nSPS) is 21.9. The number of likely N-dealkylation sites (N-methyl/N-ethyl adjacent to an activating group) is 1. The number of rotatable bonds is 7. The standard InChI is InChI=1S/C21H29NO7S/c1-5-22(16-9-10-30(25,26)13-16)20(24)14(2)28-18(23)12-27-17-8-6-7-15-11-21(3,4)29-19(15)17/h6-8,14,16H,5,9-13H2,1-4H3/t14-,16-/m0/s1. The number of amides is 1. The van der Waals surface area contributed by atoms with E-state index in [0.29, 0.717) is 24.5 Å². The summed E-state index contributed by atoms with van der Waals surface area (Å²) in [6.07, 6.45) is 0.126. The Morgan fingerprint density at radius 2 is 2.07 bits per heavy atom. The van der Waals surface area contributed by atoms with Crippen LogP contribution in [0.2, 0.25) is 0 Å². The van der Waals surface area contributed by atoms with Crippen LogP contribution in [0.3, 0.4) is 0 Å². The second-order valence-corrected chi connectivity index (χ2v) is 10.6. The summed E-state index contributed by atoms with van der Waals surface area (Å²) < 4.78 is 40.2. The number of carbonyl (C=O) groups is 2. The van der Waals surface area contributed by atoms with E-state index in [1.165, 1.54) is 11.8 Å². The Balaban J connectivity index is 1.55. The number of esters is 1. The van der Waals surface area contributed by atoms with E-state index in [4.69, 9.17) is 14.2 Å². The van der Waals surface area contributed by atoms with Crippen LogP contribution in [0.4, 0.5) is 0 Å². The van der Waals surface area contributed by atoms with Crippen LogP contribution in [-0.4, -0.2) is 67.6 Å². The number of benzene rings is 1. The van der Waals surface area contributed by atoms with E-state index in [1.54, 1.807) is 13.0 Å². The molecule has 0 unspecified atom stereocenters. The van der Waals surface area contributed by atoms with E-state index in [-0.39, 0.29) is 29.8 Å². The minimum absolute atomic E-state index is 0.0498. The molecule has 3 rings (SSSR count). The van der Waals surface area contributed by atoms with Gasteiger partial charge in [-0.2, -0.15) is 0 Å². The lowest BCUT2D eigenvalue weighted by molar-refractivity contribution is -0.161. The molecule has 0 aliphatic carbocycles. The smallest absolute Gasteiger partial charge is 0.344 e. The maximum Gasteiger partial charge on any atom is 0.344 e. The van der Waals surface area contributed by atoms with Gasteiger partial charge in [-0.05, 0) is 40.2 Å². The molecule has 0 N–H and O–H groups in total. The highest BCUT2D eigenvalue weighted by Crippen LogP contribution is 2.41. The van der Waals surface area contributed by atoms with Crippen molar-refractivity contribution in [2.45, 2.75) is 58.3 Å². The van der Waals surface area contributed by atoms with Crippen molar-refractivity contribution in [2.75, 3.05) is 24.7 Å². The zero-order chi connectivity index (χ0) is 22.1. The average Bonchev–Trinajstić information content (AvgIpc) is 3.17. The molecule has 2 heterocycles. The summed E-state index contributed by atoms with van der Waals surface area (Å²) in [6, 6.07) is 5.14. The van der Waals surface area contributed by atoms with Crippen molar-refractivity contribution >= 4 is 21.7 Å². The van der Waals surface area contributed by atoms with Crippen molar-refractivity contribution in [3.63, 3.8) is 0 Å². The molecule has 1 saturated heterocycles. The summed E-state index contributed by atoms with van der Waals surface area (Å²) in [6.45, 7) is 7.21. The number of sulfone groups is 1. The second-order valence-electron chi connectivity index (χ2n) is 8.38. The molecular weight excluding hydrogens is 410 g/mol. The number of hydrogen-bond donors (Lipinski definition) is 0. The van der Waals surface area contributed by atoms with Crippen LogP contribution in [0, 0.1) is 0 Å². The molecule has 2 atom stereocenters. The summed E-state index contributed by atoms with van der Waals surface area (Å²) in [5.41, 5.74) is 0.681. The highest BCUT2D eigenvalue weighted by Gasteiger charge is 2.36. The molecule has 1 fully saturated rings. The molecule has 0 aromatic heterocycles. The van der Waals surface area contributed by atoms with Gasteiger partial charge in [0.15, 0.2) is 34.0 Å². The number of carbonyl (C=O) groups excluding carboxylic acids is 2. The third-order valence-corrected chi connectivity index (χ3v) is 7.08. The van der Waals surface area contributed by atoms with Gasteiger partial charge in [-0.3, -0.25) is 4.79 Å². The molecule has 0 saturated carbocycles. The van der Waals surface area contributed by atoms with Gasteiger partial charge in [-0.15, -0.1) is 0 Å². The minimum atomic E-state index is -3.12. The Morgan fingerprint density at radius 1 is 1.33 bits per heavy atom. The fourth-order valence-electron chi connectivity index (χ4n) is 3.97. The van der Waals surface area contributed by atoms with Gasteiger partial charge >= 0.3 is 5.97 Å². The fourth-order valence-corrected chi connectivity index (χ4v) is 5.70. The zero-order valence-electron chi connectivity index (χ0n) is 17.8. The van der Waals surface area contributed by atoms with Gasteiger partial charge in [0.2, 0.25) is 0 Å². The summed E-state index contributed by atoms with van der Waals surface area (Å²) in [4.78, 5) is 26.4. The molecule has 9 heteroatoms. The molecular formula is C21H29NO7S. The third-order valence-electron chi connectivity index (χ3n) is 5.33. The monoisotopic (exact) mass is 439 g/mol. The van der Waals surface area contributed by atoms with Crippen molar-refractivity contribution in [1.82, 2.24) is 4.90 Å². The third kappa shape index (κ3) is 5.06. The zero-order valence-corrected chi connectivity index (χ0v) is 18.7. The van der Waals surface area contributed by atoms with Crippen molar-refractivity contribution in [3.8, 4) is 11.5 Å². The van der Waals surface area contributed by atoms with Crippen molar-refractivity contribution in [3.05, 3.63) is 23.8 Å². The van der Waals surface area contributed by atoms with Crippen LogP contribution in [0.15, 0.2) is 18.2 Å². The predicted molar refractivity (Wildman–Crippen MR) is 110 cm³/mol. The predicted octanol–water partition coefficient (Wildman–Crippen LogP) is 1.75. The Bertz CT molecular complexity index is 925. The molecule has 0 radical (unpaired) electrons. The maximum absolute atomic E-state index is 12.7. The summed E-state index contributed by atoms with van der Waals surface area (Å²) >= 11 is 0. The summed E-state index contributed by atoms with van der Waals surface area (Å²) in [5, 5.41) is 0. The van der Waals surface area contributed by atoms with Gasteiger partial charge in [0.1, 0.15) is 5.60 Å². The van der Waals surface area contributed by atoms with Crippen molar-refractivity contribution < 1.29 is 32.2 Å². The van der Waals surface area contributed by atoms with Gasteiger partial charge < -0.3 is 19.1 Å². The lowest BCUT2D eigenvalue weighted by Crippen LogP contribution is -2.46. The Hall–Kier alpha value is -2.29. The van der Waals surface area contributed by atoms with Gasteiger partial charge in [0, 0.05) is 24.6 Å². The first-order valence-electron chi connectivity index (χ1n) is 10.2. The number of nitrogens with zero attached hydrogens (tertiary/aromatic N) is 1. The highest BCUT2D eigenvalue weighted by molar-refractivity contribution is 7.91. The summed E-state index contributed by atoms with van der Waals surface area (Å²) in [7, 11) is -3.12. The van der Waals surface area contributed by atoms with Gasteiger partial charge in [0.25, 0.3) is 5.91 Å². The Kier molecular flexibility index (Phi) is 6.31. The highest BCUT2D eigenvalue weighted by atomic mass is 32.2. The lowest BCUT2D eigenvalue weighted by Gasteiger charge is -2.29. The van der Waals surface area contributed by atoms with Gasteiger partial charge in [-0.25, -0.2) is 13.2 Å². The molecule has 2 aliphatic heterocycles. The number of ether oxygens (including phenoxy) is 3. The molecule has 0 spiro atoms. The Labute approximate surface area is 177 Å². The molecule has 166 valence electrons. The van der Waals surface area contributed by atoms with E-state index < -0.39 is 27.8 Å². The van der Waals surface area contributed by atoms with E-state index in [2.05, 4.69) is 0 Å². The van der Waals surface area contributed by atoms with Crippen LogP contribution < -0.4 is 9.47 Å². The molecule has 1 aromatic rings. The van der Waals surface area contributed by atoms with Crippen LogP contribution >= 0.6 is 0 Å². The van der Waals surface area contributed by atoms with Crippen LogP contribution in [0.1, 0.15) is 39.7 Å². The largest absolute Gasteiger partial charge is 0.483 e. The van der Waals surface area contributed by atoms with E-state index in [1.807, 2.05) is 26.0 Å². The fraction of sp³-hybridized carbons (Fsp3) is 0.619. The number of fused-ring (bicyclic) bond motifs is 1. The molecule has 1 amide bonds. The number of para-hydroxylation sites is 1. The minimum Gasteiger partial charge on any atom is -0.483 e. The number of hydrogen-bond acceptors (Lipinski definition) is 7. The molecule has 8 nitrogen and oxygen atoms in total. The Morgan fingerprint density at radius 3 is 2.70 bits per heavy atom. The summed E-state index contributed by atoms with van der Waals surface area (Å²) in [5.74, 6) is 0.0223. The quantitative estimate of drug-likeness (QED) is 0.597. The maximum atomic E-state index is 12.7. The molecule has 30 heavy (non-hydrogen) atoms. The van der Waals surface area contributed by atoms with Crippen LogP contribution in [0.25, 0.3) is 0 Å².